The molecule has 0 saturated carbocycles. The maximum absolute atomic E-state index is 12.8. The van der Waals surface area contributed by atoms with Crippen molar-refractivity contribution >= 4 is 0 Å². The number of piperidine rings is 1. The predicted octanol–water partition coefficient (Wildman–Crippen LogP) is -1.69. The lowest BCUT2D eigenvalue weighted by atomic mass is 10.0. The molecule has 1 heterocycles. The summed E-state index contributed by atoms with van der Waals surface area (Å²) < 4.78 is 12.8. The quantitative estimate of drug-likeness (QED) is 0.375. The number of rotatable bonds is 0. The second kappa shape index (κ2) is 3.02. The average molecular weight is 165 g/mol. The molecule has 0 aromatic carbocycles. The lowest BCUT2D eigenvalue weighted by molar-refractivity contribution is -0.162. The van der Waals surface area contributed by atoms with E-state index >= 15 is 0 Å². The highest BCUT2D eigenvalue weighted by Gasteiger charge is 2.39. The summed E-state index contributed by atoms with van der Waals surface area (Å²) in [4.78, 5) is 1.15. The smallest absolute Gasteiger partial charge is 0.182 e. The fraction of sp³-hybridized carbons (Fsp3) is 1.00. The van der Waals surface area contributed by atoms with Crippen molar-refractivity contribution in [3.8, 4) is 0 Å². The SMILES string of the molecule is CN1C[C@@H](O)[C@@H](O)[C@@H](O)[C@H]1F. The van der Waals surface area contributed by atoms with Crippen LogP contribution in [0.4, 0.5) is 4.39 Å². The highest BCUT2D eigenvalue weighted by atomic mass is 19.1. The Morgan fingerprint density at radius 1 is 1.27 bits per heavy atom. The van der Waals surface area contributed by atoms with E-state index in [1.807, 2.05) is 0 Å². The number of hydrogen-bond donors (Lipinski definition) is 3. The molecule has 1 saturated heterocycles. The molecule has 66 valence electrons. The van der Waals surface area contributed by atoms with Crippen LogP contribution in [0.25, 0.3) is 0 Å². The Kier molecular flexibility index (Phi) is 2.43. The van der Waals surface area contributed by atoms with Gasteiger partial charge in [0.1, 0.15) is 12.2 Å². The number of alkyl halides is 1. The van der Waals surface area contributed by atoms with Crippen molar-refractivity contribution in [1.29, 1.82) is 0 Å². The standard InChI is InChI=1S/C6H12FNO3/c1-8-2-3(9)4(10)5(11)6(8)7/h3-6,9-11H,2H2,1H3/t3-,4-,5-,6+/m1/s1. The summed E-state index contributed by atoms with van der Waals surface area (Å²) in [6.45, 7) is 0.0411. The van der Waals surface area contributed by atoms with Gasteiger partial charge in [-0.05, 0) is 7.05 Å². The highest BCUT2D eigenvalue weighted by Crippen LogP contribution is 2.17. The summed E-state index contributed by atoms with van der Waals surface area (Å²) in [5, 5.41) is 26.9. The van der Waals surface area contributed by atoms with Crippen LogP contribution < -0.4 is 0 Å². The van der Waals surface area contributed by atoms with Gasteiger partial charge in [-0.1, -0.05) is 0 Å². The molecule has 0 aliphatic carbocycles. The van der Waals surface area contributed by atoms with Crippen molar-refractivity contribution in [1.82, 2.24) is 4.90 Å². The van der Waals surface area contributed by atoms with E-state index in [1.54, 1.807) is 0 Å². The minimum Gasteiger partial charge on any atom is -0.389 e. The molecule has 3 N–H and O–H groups in total. The third-order valence-corrected chi connectivity index (χ3v) is 1.92. The molecule has 1 aliphatic heterocycles. The van der Waals surface area contributed by atoms with E-state index < -0.39 is 24.6 Å². The van der Waals surface area contributed by atoms with E-state index in [-0.39, 0.29) is 6.54 Å². The molecule has 0 aromatic rings. The number of nitrogens with zero attached hydrogens (tertiary/aromatic N) is 1. The molecule has 0 unspecified atom stereocenters. The van der Waals surface area contributed by atoms with Gasteiger partial charge in [0.25, 0.3) is 0 Å². The minimum absolute atomic E-state index is 0.0411. The highest BCUT2D eigenvalue weighted by molar-refractivity contribution is 4.87. The van der Waals surface area contributed by atoms with Crippen LogP contribution in [0.5, 0.6) is 0 Å². The Balaban J connectivity index is 2.63. The number of hydrogen-bond acceptors (Lipinski definition) is 4. The second-order valence-electron chi connectivity index (χ2n) is 2.86. The van der Waals surface area contributed by atoms with Crippen LogP contribution in [0, 0.1) is 0 Å². The summed E-state index contributed by atoms with van der Waals surface area (Å²) in [5.41, 5.74) is 0. The Bertz CT molecular complexity index is 132. The van der Waals surface area contributed by atoms with E-state index in [0.717, 1.165) is 4.90 Å². The predicted molar refractivity (Wildman–Crippen MR) is 35.5 cm³/mol. The molecule has 5 heteroatoms. The first-order chi connectivity index (χ1) is 5.04. The minimum atomic E-state index is -1.59. The van der Waals surface area contributed by atoms with Gasteiger partial charge in [-0.25, -0.2) is 4.39 Å². The number of β-amino-alcohol motifs (C(OH)–C–C–N with tert-alkyl or cyclic N) is 1. The first-order valence-corrected chi connectivity index (χ1v) is 3.42. The van der Waals surface area contributed by atoms with Crippen LogP contribution in [-0.4, -0.2) is 58.4 Å². The van der Waals surface area contributed by atoms with Crippen LogP contribution in [0.2, 0.25) is 0 Å². The molecule has 1 rings (SSSR count). The topological polar surface area (TPSA) is 63.9 Å². The first-order valence-electron chi connectivity index (χ1n) is 3.42. The largest absolute Gasteiger partial charge is 0.389 e. The zero-order chi connectivity index (χ0) is 8.59. The van der Waals surface area contributed by atoms with Gasteiger partial charge in [0, 0.05) is 6.54 Å². The van der Waals surface area contributed by atoms with E-state index in [9.17, 15) is 4.39 Å². The van der Waals surface area contributed by atoms with Crippen LogP contribution in [0.15, 0.2) is 0 Å². The van der Waals surface area contributed by atoms with Gasteiger partial charge in [-0.3, -0.25) is 4.90 Å². The molecule has 0 amide bonds. The van der Waals surface area contributed by atoms with Gasteiger partial charge < -0.3 is 15.3 Å². The summed E-state index contributed by atoms with van der Waals surface area (Å²) in [6, 6.07) is 0. The Morgan fingerprint density at radius 2 is 1.82 bits per heavy atom. The summed E-state index contributed by atoms with van der Waals surface area (Å²) in [5.74, 6) is 0. The molecular weight excluding hydrogens is 153 g/mol. The third-order valence-electron chi connectivity index (χ3n) is 1.92. The van der Waals surface area contributed by atoms with Gasteiger partial charge in [0.15, 0.2) is 6.30 Å². The monoisotopic (exact) mass is 165 g/mol. The zero-order valence-electron chi connectivity index (χ0n) is 6.18. The average Bonchev–Trinajstić information content (AvgIpc) is 1.97. The summed E-state index contributed by atoms with van der Waals surface area (Å²) in [6.07, 6.45) is -5.54. The van der Waals surface area contributed by atoms with Gasteiger partial charge in [0.2, 0.25) is 0 Å². The molecule has 0 aromatic heterocycles. The molecule has 1 aliphatic rings. The van der Waals surface area contributed by atoms with Crippen molar-refractivity contribution in [2.24, 2.45) is 0 Å². The van der Waals surface area contributed by atoms with Crippen molar-refractivity contribution in [3.05, 3.63) is 0 Å². The number of halogens is 1. The number of likely N-dealkylation sites (N-methyl/N-ethyl adjacent to an activating group) is 1. The first kappa shape index (κ1) is 8.86. The fourth-order valence-electron chi connectivity index (χ4n) is 1.15. The Hall–Kier alpha value is -0.230. The molecule has 4 nitrogen and oxygen atoms in total. The second-order valence-corrected chi connectivity index (χ2v) is 2.86. The molecule has 0 spiro atoms. The van der Waals surface area contributed by atoms with Crippen molar-refractivity contribution in [2.75, 3.05) is 13.6 Å². The van der Waals surface area contributed by atoms with Gasteiger partial charge in [0.05, 0.1) is 6.10 Å². The van der Waals surface area contributed by atoms with Crippen molar-refractivity contribution in [3.63, 3.8) is 0 Å². The van der Waals surface area contributed by atoms with E-state index in [0.29, 0.717) is 0 Å². The van der Waals surface area contributed by atoms with Crippen molar-refractivity contribution < 1.29 is 19.7 Å². The Morgan fingerprint density at radius 3 is 2.36 bits per heavy atom. The van der Waals surface area contributed by atoms with Crippen molar-refractivity contribution in [2.45, 2.75) is 24.6 Å². The lowest BCUT2D eigenvalue weighted by Crippen LogP contribution is -2.58. The normalized spacial score (nSPS) is 47.7. The number of likely N-dealkylation sites (tertiary alicyclic amines) is 1. The van der Waals surface area contributed by atoms with Gasteiger partial charge in [-0.2, -0.15) is 0 Å². The lowest BCUT2D eigenvalue weighted by Gasteiger charge is -2.37. The molecular formula is C6H12FNO3. The van der Waals surface area contributed by atoms with Crippen LogP contribution >= 0.6 is 0 Å². The fourth-order valence-corrected chi connectivity index (χ4v) is 1.15. The molecule has 4 atom stereocenters. The number of aliphatic hydroxyl groups excluding tert-OH is 3. The van der Waals surface area contributed by atoms with Crippen LogP contribution in [0.1, 0.15) is 0 Å². The molecule has 11 heavy (non-hydrogen) atoms. The molecule has 0 radical (unpaired) electrons. The summed E-state index contributed by atoms with van der Waals surface area (Å²) >= 11 is 0. The Labute approximate surface area is 63.9 Å². The summed E-state index contributed by atoms with van der Waals surface area (Å²) in [7, 11) is 1.43. The van der Waals surface area contributed by atoms with E-state index in [4.69, 9.17) is 15.3 Å². The molecule has 1 fully saturated rings. The van der Waals surface area contributed by atoms with E-state index in [2.05, 4.69) is 0 Å². The zero-order valence-corrected chi connectivity index (χ0v) is 6.18. The maximum Gasteiger partial charge on any atom is 0.182 e. The van der Waals surface area contributed by atoms with Gasteiger partial charge in [-0.15, -0.1) is 0 Å². The number of aliphatic hydroxyl groups is 3. The third kappa shape index (κ3) is 1.51. The molecule has 0 bridgehead atoms. The van der Waals surface area contributed by atoms with Crippen LogP contribution in [-0.2, 0) is 0 Å². The van der Waals surface area contributed by atoms with Crippen LogP contribution in [0.3, 0.4) is 0 Å². The van der Waals surface area contributed by atoms with Gasteiger partial charge >= 0.3 is 0 Å². The maximum atomic E-state index is 12.8. The van der Waals surface area contributed by atoms with E-state index in [1.165, 1.54) is 7.05 Å².